The third-order valence-electron chi connectivity index (χ3n) is 7.90. The monoisotopic (exact) mass is 684 g/mol. The van der Waals surface area contributed by atoms with Crippen LogP contribution in [0, 0.1) is 16.0 Å². The zero-order valence-electron chi connectivity index (χ0n) is 26.4. The third-order valence-corrected chi connectivity index (χ3v) is 13.2. The highest BCUT2D eigenvalue weighted by atomic mass is 32.2. The van der Waals surface area contributed by atoms with Crippen molar-refractivity contribution in [3.05, 3.63) is 131 Å². The minimum absolute atomic E-state index is 0.0584. The van der Waals surface area contributed by atoms with Crippen molar-refractivity contribution in [3.8, 4) is 0 Å². The van der Waals surface area contributed by atoms with Gasteiger partial charge in [-0.2, -0.15) is 0 Å². The fourth-order valence-electron chi connectivity index (χ4n) is 5.87. The van der Waals surface area contributed by atoms with E-state index in [1.165, 1.54) is 43.0 Å². The first-order chi connectivity index (χ1) is 23.0. The van der Waals surface area contributed by atoms with Crippen molar-refractivity contribution in [1.82, 2.24) is 4.90 Å². The number of nitro benzene ring substituents is 1. The number of ether oxygens (including phenoxy) is 2. The number of carbonyl (C=O) groups is 4. The van der Waals surface area contributed by atoms with Gasteiger partial charge in [0.2, 0.25) is 5.91 Å². The van der Waals surface area contributed by atoms with Crippen molar-refractivity contribution in [2.24, 2.45) is 5.92 Å². The SMILES string of the molecule is CC(=O)OC(C)C1C(=O)N(C(C(=O)OCc2ccc([N+](=O)[O-])cc2)=P(c2ccccc2)(c2ccccc2)c2ccccc2)C1SC(C)=O. The summed E-state index contributed by atoms with van der Waals surface area (Å²) in [5, 5.41) is 12.3. The van der Waals surface area contributed by atoms with Crippen LogP contribution in [-0.2, 0) is 35.3 Å². The molecule has 4 aromatic carbocycles. The van der Waals surface area contributed by atoms with Crippen LogP contribution < -0.4 is 15.9 Å². The van der Waals surface area contributed by atoms with Gasteiger partial charge in [0.25, 0.3) is 5.69 Å². The number of amides is 1. The van der Waals surface area contributed by atoms with Gasteiger partial charge in [0, 0.05) is 32.9 Å². The molecule has 0 spiro atoms. The molecular weight excluding hydrogens is 651 g/mol. The Hall–Kier alpha value is -4.99. The molecule has 0 saturated carbocycles. The predicted molar refractivity (Wildman–Crippen MR) is 187 cm³/mol. The Morgan fingerprint density at radius 1 is 0.833 bits per heavy atom. The molecule has 48 heavy (non-hydrogen) atoms. The fraction of sp³-hybridized carbons (Fsp3) is 0.194. The van der Waals surface area contributed by atoms with E-state index in [9.17, 15) is 29.3 Å². The molecule has 12 heteroatoms. The summed E-state index contributed by atoms with van der Waals surface area (Å²) in [5.41, 5.74) is 0.452. The van der Waals surface area contributed by atoms with Crippen molar-refractivity contribution in [1.29, 1.82) is 0 Å². The summed E-state index contributed by atoms with van der Waals surface area (Å²) in [7, 11) is 0. The zero-order valence-corrected chi connectivity index (χ0v) is 28.1. The molecule has 1 heterocycles. The number of nitro groups is 1. The number of nitrogens with zero attached hydrogens (tertiary/aromatic N) is 2. The van der Waals surface area contributed by atoms with Crippen molar-refractivity contribution in [2.45, 2.75) is 38.9 Å². The molecule has 1 fully saturated rings. The number of rotatable bonds is 11. The molecule has 3 atom stereocenters. The van der Waals surface area contributed by atoms with E-state index in [0.29, 0.717) is 5.56 Å². The first kappa shape index (κ1) is 34.3. The summed E-state index contributed by atoms with van der Waals surface area (Å²) < 4.78 is 11.4. The maximum absolute atomic E-state index is 14.8. The number of thioether (sulfide) groups is 1. The molecule has 3 unspecified atom stereocenters. The number of hydrogen-bond acceptors (Lipinski definition) is 9. The largest absolute Gasteiger partial charge is 0.462 e. The van der Waals surface area contributed by atoms with Crippen molar-refractivity contribution in [2.75, 3.05) is 0 Å². The second-order valence-electron chi connectivity index (χ2n) is 11.0. The lowest BCUT2D eigenvalue weighted by Gasteiger charge is -2.50. The second kappa shape index (κ2) is 14.8. The van der Waals surface area contributed by atoms with Crippen LogP contribution in [-0.4, -0.2) is 49.7 Å². The molecular formula is C36H33N2O8PS. The summed E-state index contributed by atoms with van der Waals surface area (Å²) >= 11 is 0.883. The molecule has 1 aliphatic heterocycles. The summed E-state index contributed by atoms with van der Waals surface area (Å²) in [6.45, 7) is 0.714. The van der Waals surface area contributed by atoms with Crippen molar-refractivity contribution < 1.29 is 33.6 Å². The van der Waals surface area contributed by atoms with E-state index in [4.69, 9.17) is 9.47 Å². The molecule has 0 aromatic heterocycles. The van der Waals surface area contributed by atoms with Crippen LogP contribution in [0.4, 0.5) is 5.69 Å². The van der Waals surface area contributed by atoms with E-state index in [1.807, 2.05) is 91.0 Å². The smallest absolute Gasteiger partial charge is 0.356 e. The van der Waals surface area contributed by atoms with E-state index in [1.54, 1.807) is 6.92 Å². The Morgan fingerprint density at radius 2 is 1.31 bits per heavy atom. The van der Waals surface area contributed by atoms with Gasteiger partial charge in [0.05, 0.1) is 4.92 Å². The quantitative estimate of drug-likeness (QED) is 0.0720. The summed E-state index contributed by atoms with van der Waals surface area (Å²) in [4.78, 5) is 65.8. The van der Waals surface area contributed by atoms with Gasteiger partial charge in [0.1, 0.15) is 29.4 Å². The molecule has 1 saturated heterocycles. The Bertz CT molecular complexity index is 1780. The van der Waals surface area contributed by atoms with Gasteiger partial charge in [-0.15, -0.1) is 0 Å². The Labute approximate surface area is 282 Å². The highest BCUT2D eigenvalue weighted by molar-refractivity contribution is 8.14. The second-order valence-corrected chi connectivity index (χ2v) is 15.7. The number of esters is 2. The van der Waals surface area contributed by atoms with E-state index in [-0.39, 0.29) is 22.8 Å². The molecule has 1 aliphatic rings. The fourth-order valence-corrected chi connectivity index (χ4v) is 11.5. The number of likely N-dealkylation sites (tertiary alicyclic amines) is 1. The summed E-state index contributed by atoms with van der Waals surface area (Å²) in [6, 6.07) is 33.9. The maximum atomic E-state index is 14.8. The molecule has 4 aromatic rings. The van der Waals surface area contributed by atoms with Crippen LogP contribution >= 0.6 is 18.6 Å². The Kier molecular flexibility index (Phi) is 10.6. The predicted octanol–water partition coefficient (Wildman–Crippen LogP) is 4.78. The number of hydrogen-bond donors (Lipinski definition) is 0. The van der Waals surface area contributed by atoms with E-state index in [0.717, 1.165) is 27.7 Å². The van der Waals surface area contributed by atoms with Crippen molar-refractivity contribution in [3.63, 3.8) is 0 Å². The molecule has 5 rings (SSSR count). The third kappa shape index (κ3) is 6.83. The number of benzene rings is 4. The van der Waals surface area contributed by atoms with Crippen LogP contribution in [0.2, 0.25) is 0 Å². The van der Waals surface area contributed by atoms with E-state index in [2.05, 4.69) is 0 Å². The minimum atomic E-state index is -3.26. The van der Waals surface area contributed by atoms with Gasteiger partial charge in [-0.25, -0.2) is 4.79 Å². The minimum Gasteiger partial charge on any atom is -0.462 e. The lowest BCUT2D eigenvalue weighted by Crippen LogP contribution is -2.67. The first-order valence-corrected chi connectivity index (χ1v) is 17.7. The average Bonchev–Trinajstić information content (AvgIpc) is 3.08. The van der Waals surface area contributed by atoms with E-state index >= 15 is 0 Å². The summed E-state index contributed by atoms with van der Waals surface area (Å²) in [5.74, 6) is -2.77. The molecule has 0 aliphatic carbocycles. The number of carbonyl (C=O) groups excluding carboxylic acids is 4. The molecule has 1 amide bonds. The van der Waals surface area contributed by atoms with Crippen LogP contribution in [0.15, 0.2) is 115 Å². The molecule has 0 bridgehead atoms. The number of non-ortho nitro benzene ring substituents is 1. The molecule has 0 N–H and O–H groups in total. The molecule has 0 radical (unpaired) electrons. The van der Waals surface area contributed by atoms with E-state index < -0.39 is 47.1 Å². The first-order valence-electron chi connectivity index (χ1n) is 15.1. The van der Waals surface area contributed by atoms with Crippen LogP contribution in [0.25, 0.3) is 0 Å². The summed E-state index contributed by atoms with van der Waals surface area (Å²) in [6.07, 6.45) is -0.876. The van der Waals surface area contributed by atoms with Gasteiger partial charge >= 0.3 is 11.9 Å². The zero-order chi connectivity index (χ0) is 34.4. The van der Waals surface area contributed by atoms with Gasteiger partial charge in [-0.3, -0.25) is 29.4 Å². The molecule has 10 nitrogen and oxygen atoms in total. The number of β-lactam (4-membered cyclic amide) rings is 1. The van der Waals surface area contributed by atoms with Crippen LogP contribution in [0.5, 0.6) is 0 Å². The van der Waals surface area contributed by atoms with Gasteiger partial charge in [-0.05, 0) is 40.5 Å². The van der Waals surface area contributed by atoms with Gasteiger partial charge in [0.15, 0.2) is 5.12 Å². The van der Waals surface area contributed by atoms with Gasteiger partial charge in [-0.1, -0.05) is 103 Å². The highest BCUT2D eigenvalue weighted by Crippen LogP contribution is 2.51. The Balaban J connectivity index is 1.81. The lowest BCUT2D eigenvalue weighted by molar-refractivity contribution is -0.384. The normalized spacial score (nSPS) is 16.3. The van der Waals surface area contributed by atoms with Crippen LogP contribution in [0.3, 0.4) is 0 Å². The maximum Gasteiger partial charge on any atom is 0.356 e. The standard InChI is InChI=1S/C36H33N2O8PS/c1-24(46-25(2)39)32-33(41)37(35(32)48-26(3)40)34(36(42)45-23-27-19-21-28(22-20-27)38(43)44)47(29-13-7-4-8-14-29,30-15-9-5-10-16-30)31-17-11-6-12-18-31/h4-22,24,32,35H,23H2,1-3H3. The van der Waals surface area contributed by atoms with Crippen LogP contribution in [0.1, 0.15) is 26.3 Å². The Morgan fingerprint density at radius 3 is 1.73 bits per heavy atom. The molecule has 246 valence electrons. The van der Waals surface area contributed by atoms with Gasteiger partial charge < -0.3 is 9.47 Å². The highest BCUT2D eigenvalue weighted by Gasteiger charge is 2.57. The van der Waals surface area contributed by atoms with Crippen molar-refractivity contribution >= 4 is 68.6 Å². The lowest BCUT2D eigenvalue weighted by atomic mass is 9.92. The average molecular weight is 685 g/mol. The topological polar surface area (TPSA) is 133 Å².